The topological polar surface area (TPSA) is 82.4 Å². The lowest BCUT2D eigenvalue weighted by Crippen LogP contribution is -2.40. The van der Waals surface area contributed by atoms with E-state index in [4.69, 9.17) is 21.6 Å². The van der Waals surface area contributed by atoms with E-state index in [1.807, 2.05) is 19.1 Å². The number of nitrogens with zero attached hydrogens (tertiary/aromatic N) is 2. The average Bonchev–Trinajstić information content (AvgIpc) is 2.67. The average molecular weight is 386 g/mol. The molecular weight excluding hydrogens is 366 g/mol. The van der Waals surface area contributed by atoms with Gasteiger partial charge in [0.2, 0.25) is 5.91 Å². The maximum absolute atomic E-state index is 12.3. The zero-order valence-corrected chi connectivity index (χ0v) is 15.9. The molecular formula is C20H20ClN3O3. The van der Waals surface area contributed by atoms with Gasteiger partial charge >= 0.3 is 0 Å². The number of benzene rings is 2. The number of carbonyl (C=O) groups is 2. The summed E-state index contributed by atoms with van der Waals surface area (Å²) < 4.78 is 5.44. The van der Waals surface area contributed by atoms with Crippen LogP contribution in [0.15, 0.2) is 42.5 Å². The van der Waals surface area contributed by atoms with Crippen LogP contribution in [-0.4, -0.2) is 36.4 Å². The van der Waals surface area contributed by atoms with Gasteiger partial charge in [0.1, 0.15) is 5.75 Å². The van der Waals surface area contributed by atoms with Crippen LogP contribution < -0.4 is 10.1 Å². The van der Waals surface area contributed by atoms with E-state index in [1.165, 1.54) is 4.90 Å². The number of carbonyl (C=O) groups excluding carboxylic acids is 2. The second kappa shape index (κ2) is 9.60. The summed E-state index contributed by atoms with van der Waals surface area (Å²) in [6.45, 7) is 3.70. The largest absolute Gasteiger partial charge is 0.484 e. The van der Waals surface area contributed by atoms with Gasteiger partial charge in [-0.2, -0.15) is 5.26 Å². The molecule has 2 amide bonds. The highest BCUT2D eigenvalue weighted by Crippen LogP contribution is 2.20. The molecule has 0 bridgehead atoms. The second-order valence-corrected chi connectivity index (χ2v) is 6.28. The molecule has 0 aliphatic carbocycles. The summed E-state index contributed by atoms with van der Waals surface area (Å²) in [7, 11) is 0. The third kappa shape index (κ3) is 6.01. The Balaban J connectivity index is 1.93. The van der Waals surface area contributed by atoms with E-state index in [1.54, 1.807) is 43.3 Å². The molecule has 7 heteroatoms. The van der Waals surface area contributed by atoms with Gasteiger partial charge < -0.3 is 15.0 Å². The number of rotatable bonds is 7. The number of hydrogen-bond acceptors (Lipinski definition) is 4. The standard InChI is InChI=1S/C20H20ClN3O3/c1-3-24(12-19(25)23-18-10-16(21)8-7-14(18)2)20(26)13-27-17-6-4-5-15(9-17)11-22/h4-10H,3,12-13H2,1-2H3,(H,23,25). The van der Waals surface area contributed by atoms with Crippen LogP contribution in [0.2, 0.25) is 5.02 Å². The summed E-state index contributed by atoms with van der Waals surface area (Å²) in [6, 6.07) is 13.8. The Hall–Kier alpha value is -3.04. The molecule has 140 valence electrons. The van der Waals surface area contributed by atoms with E-state index in [0.717, 1.165) is 5.56 Å². The minimum Gasteiger partial charge on any atom is -0.484 e. The number of ether oxygens (including phenoxy) is 1. The maximum Gasteiger partial charge on any atom is 0.260 e. The molecule has 0 saturated heterocycles. The molecule has 0 aliphatic rings. The molecule has 0 aromatic heterocycles. The number of likely N-dealkylation sites (N-methyl/N-ethyl adjacent to an activating group) is 1. The Morgan fingerprint density at radius 3 is 2.74 bits per heavy atom. The molecule has 2 aromatic carbocycles. The highest BCUT2D eigenvalue weighted by Gasteiger charge is 2.17. The highest BCUT2D eigenvalue weighted by atomic mass is 35.5. The molecule has 0 saturated carbocycles. The third-order valence-electron chi connectivity index (χ3n) is 3.87. The monoisotopic (exact) mass is 385 g/mol. The molecule has 2 aromatic rings. The van der Waals surface area contributed by atoms with E-state index >= 15 is 0 Å². The zero-order valence-electron chi connectivity index (χ0n) is 15.2. The van der Waals surface area contributed by atoms with Crippen molar-refractivity contribution in [2.75, 3.05) is 25.0 Å². The molecule has 0 spiro atoms. The summed E-state index contributed by atoms with van der Waals surface area (Å²) in [6.07, 6.45) is 0. The number of hydrogen-bond donors (Lipinski definition) is 1. The minimum atomic E-state index is -0.321. The molecule has 0 radical (unpaired) electrons. The van der Waals surface area contributed by atoms with Crippen molar-refractivity contribution in [3.05, 3.63) is 58.6 Å². The van der Waals surface area contributed by atoms with Gasteiger partial charge in [-0.15, -0.1) is 0 Å². The molecule has 6 nitrogen and oxygen atoms in total. The van der Waals surface area contributed by atoms with Crippen molar-refractivity contribution < 1.29 is 14.3 Å². The van der Waals surface area contributed by atoms with Crippen molar-refractivity contribution in [3.63, 3.8) is 0 Å². The lowest BCUT2D eigenvalue weighted by Gasteiger charge is -2.21. The third-order valence-corrected chi connectivity index (χ3v) is 4.10. The van der Waals surface area contributed by atoms with Gasteiger partial charge in [-0.3, -0.25) is 9.59 Å². The van der Waals surface area contributed by atoms with Crippen LogP contribution in [0.4, 0.5) is 5.69 Å². The number of nitrogens with one attached hydrogen (secondary N) is 1. The second-order valence-electron chi connectivity index (χ2n) is 5.84. The van der Waals surface area contributed by atoms with E-state index in [2.05, 4.69) is 5.32 Å². The highest BCUT2D eigenvalue weighted by molar-refractivity contribution is 6.31. The number of anilines is 1. The Kier molecular flexibility index (Phi) is 7.21. The quantitative estimate of drug-likeness (QED) is 0.791. The smallest absolute Gasteiger partial charge is 0.260 e. The van der Waals surface area contributed by atoms with Gasteiger partial charge in [0.05, 0.1) is 18.2 Å². The fourth-order valence-electron chi connectivity index (χ4n) is 2.36. The predicted molar refractivity (Wildman–Crippen MR) is 104 cm³/mol. The van der Waals surface area contributed by atoms with Crippen molar-refractivity contribution >= 4 is 29.1 Å². The Morgan fingerprint density at radius 2 is 2.04 bits per heavy atom. The first-order valence-electron chi connectivity index (χ1n) is 8.39. The van der Waals surface area contributed by atoms with Crippen molar-refractivity contribution in [2.45, 2.75) is 13.8 Å². The molecule has 0 heterocycles. The Bertz CT molecular complexity index is 877. The molecule has 1 N–H and O–H groups in total. The van der Waals surface area contributed by atoms with Gasteiger partial charge in [-0.1, -0.05) is 23.7 Å². The lowest BCUT2D eigenvalue weighted by atomic mass is 10.2. The normalized spacial score (nSPS) is 10.0. The van der Waals surface area contributed by atoms with Gasteiger partial charge in [-0.25, -0.2) is 0 Å². The Morgan fingerprint density at radius 1 is 1.26 bits per heavy atom. The van der Waals surface area contributed by atoms with Crippen molar-refractivity contribution in [1.82, 2.24) is 4.90 Å². The fourth-order valence-corrected chi connectivity index (χ4v) is 2.53. The summed E-state index contributed by atoms with van der Waals surface area (Å²) in [5.74, 6) is -0.211. The summed E-state index contributed by atoms with van der Waals surface area (Å²) >= 11 is 5.95. The molecule has 27 heavy (non-hydrogen) atoms. The van der Waals surface area contributed by atoms with Crippen LogP contribution >= 0.6 is 11.6 Å². The van der Waals surface area contributed by atoms with Gasteiger partial charge in [-0.05, 0) is 49.7 Å². The summed E-state index contributed by atoms with van der Waals surface area (Å²) in [5.41, 5.74) is 1.94. The first-order valence-corrected chi connectivity index (χ1v) is 8.77. The van der Waals surface area contributed by atoms with Gasteiger partial charge in [0, 0.05) is 17.3 Å². The first-order chi connectivity index (χ1) is 12.9. The van der Waals surface area contributed by atoms with Crippen LogP contribution in [0.5, 0.6) is 5.75 Å². The number of aryl methyl sites for hydroxylation is 1. The minimum absolute atomic E-state index is 0.0944. The molecule has 0 fully saturated rings. The lowest BCUT2D eigenvalue weighted by molar-refractivity contribution is -0.136. The van der Waals surface area contributed by atoms with Gasteiger partial charge in [0.25, 0.3) is 5.91 Å². The van der Waals surface area contributed by atoms with E-state index in [0.29, 0.717) is 28.6 Å². The summed E-state index contributed by atoms with van der Waals surface area (Å²) in [4.78, 5) is 26.0. The van der Waals surface area contributed by atoms with Gasteiger partial charge in [0.15, 0.2) is 6.61 Å². The van der Waals surface area contributed by atoms with Crippen LogP contribution in [-0.2, 0) is 9.59 Å². The van der Waals surface area contributed by atoms with Crippen LogP contribution in [0.3, 0.4) is 0 Å². The molecule has 0 atom stereocenters. The number of nitriles is 1. The van der Waals surface area contributed by atoms with Crippen molar-refractivity contribution in [3.8, 4) is 11.8 Å². The van der Waals surface area contributed by atoms with E-state index < -0.39 is 0 Å². The summed E-state index contributed by atoms with van der Waals surface area (Å²) in [5, 5.41) is 12.2. The van der Waals surface area contributed by atoms with E-state index in [-0.39, 0.29) is 25.0 Å². The molecule has 2 rings (SSSR count). The Labute approximate surface area is 163 Å². The maximum atomic E-state index is 12.3. The van der Waals surface area contributed by atoms with Crippen LogP contribution in [0.25, 0.3) is 0 Å². The number of amides is 2. The first kappa shape index (κ1) is 20.3. The van der Waals surface area contributed by atoms with Crippen LogP contribution in [0, 0.1) is 18.3 Å². The molecule has 0 aliphatic heterocycles. The predicted octanol–water partition coefficient (Wildman–Crippen LogP) is 3.39. The van der Waals surface area contributed by atoms with E-state index in [9.17, 15) is 9.59 Å². The van der Waals surface area contributed by atoms with Crippen LogP contribution in [0.1, 0.15) is 18.1 Å². The SMILES string of the molecule is CCN(CC(=O)Nc1cc(Cl)ccc1C)C(=O)COc1cccc(C#N)c1. The zero-order chi connectivity index (χ0) is 19.8. The van der Waals surface area contributed by atoms with Crippen molar-refractivity contribution in [1.29, 1.82) is 5.26 Å². The number of halogens is 1. The fraction of sp³-hybridized carbons (Fsp3) is 0.250. The molecule has 0 unspecified atom stereocenters. The van der Waals surface area contributed by atoms with Crippen molar-refractivity contribution in [2.24, 2.45) is 0 Å².